The highest BCUT2D eigenvalue weighted by atomic mass is 16.5. The Morgan fingerprint density at radius 2 is 2.12 bits per heavy atom. The van der Waals surface area contributed by atoms with Crippen molar-refractivity contribution in [2.45, 2.75) is 45.6 Å². The molecule has 134 valence electrons. The number of guanidine groups is 1. The zero-order chi connectivity index (χ0) is 17.2. The number of rotatable bonds is 8. The number of aliphatic imine (C=N–C) groups is 1. The number of hydrogen-bond acceptors (Lipinski definition) is 4. The molecule has 1 aliphatic rings. The molecule has 1 aromatic rings. The van der Waals surface area contributed by atoms with Crippen LogP contribution < -0.4 is 10.6 Å². The molecule has 1 heterocycles. The van der Waals surface area contributed by atoms with E-state index in [4.69, 9.17) is 4.74 Å². The number of nitrogens with one attached hydrogen (secondary N) is 2. The van der Waals surface area contributed by atoms with Gasteiger partial charge in [-0.3, -0.25) is 0 Å². The van der Waals surface area contributed by atoms with Crippen molar-refractivity contribution in [3.8, 4) is 0 Å². The number of hydrogen-bond donors (Lipinski definition) is 2. The fourth-order valence-electron chi connectivity index (χ4n) is 2.66. The predicted molar refractivity (Wildman–Crippen MR) is 95.9 cm³/mol. The molecule has 1 aromatic heterocycles. The summed E-state index contributed by atoms with van der Waals surface area (Å²) in [5.74, 6) is 2.55. The van der Waals surface area contributed by atoms with Crippen LogP contribution in [-0.2, 0) is 18.3 Å². The molecule has 0 bridgehead atoms. The van der Waals surface area contributed by atoms with E-state index in [-0.39, 0.29) is 0 Å². The lowest BCUT2D eigenvalue weighted by atomic mass is 9.97. The summed E-state index contributed by atoms with van der Waals surface area (Å²) in [5, 5.41) is 14.9. The summed E-state index contributed by atoms with van der Waals surface area (Å²) < 4.78 is 7.06. The Bertz CT molecular complexity index is 563. The number of methoxy groups -OCH3 is 1. The van der Waals surface area contributed by atoms with Crippen LogP contribution >= 0.6 is 0 Å². The third-order valence-electron chi connectivity index (χ3n) is 4.28. The van der Waals surface area contributed by atoms with Crippen LogP contribution in [0, 0.1) is 6.92 Å². The second-order valence-corrected chi connectivity index (χ2v) is 6.09. The van der Waals surface area contributed by atoms with E-state index >= 15 is 0 Å². The maximum atomic E-state index is 5.10. The van der Waals surface area contributed by atoms with Crippen molar-refractivity contribution in [1.82, 2.24) is 25.4 Å². The zero-order valence-corrected chi connectivity index (χ0v) is 15.1. The molecular formula is C17H30N6O. The van der Waals surface area contributed by atoms with Crippen molar-refractivity contribution in [3.63, 3.8) is 0 Å². The molecule has 0 amide bonds. The van der Waals surface area contributed by atoms with Gasteiger partial charge in [-0.25, -0.2) is 4.99 Å². The third kappa shape index (κ3) is 5.96. The van der Waals surface area contributed by atoms with Gasteiger partial charge in [0.05, 0.1) is 6.61 Å². The van der Waals surface area contributed by atoms with Crippen molar-refractivity contribution in [2.75, 3.05) is 26.8 Å². The molecule has 0 aliphatic heterocycles. The topological polar surface area (TPSA) is 76.4 Å². The van der Waals surface area contributed by atoms with Crippen LogP contribution in [0.4, 0.5) is 0 Å². The lowest BCUT2D eigenvalue weighted by molar-refractivity contribution is 0.203. The van der Waals surface area contributed by atoms with Crippen LogP contribution in [0.3, 0.4) is 0 Å². The Morgan fingerprint density at radius 3 is 2.79 bits per heavy atom. The Labute approximate surface area is 144 Å². The molecule has 0 unspecified atom stereocenters. The summed E-state index contributed by atoms with van der Waals surface area (Å²) in [5.41, 5.74) is 1.56. The van der Waals surface area contributed by atoms with Gasteiger partial charge in [-0.1, -0.05) is 11.6 Å². The minimum absolute atomic E-state index is 0.502. The highest BCUT2D eigenvalue weighted by Gasteiger charge is 2.06. The summed E-state index contributed by atoms with van der Waals surface area (Å²) in [7, 11) is 3.66. The van der Waals surface area contributed by atoms with Crippen molar-refractivity contribution in [1.29, 1.82) is 0 Å². The molecule has 24 heavy (non-hydrogen) atoms. The van der Waals surface area contributed by atoms with E-state index in [2.05, 4.69) is 31.9 Å². The van der Waals surface area contributed by atoms with Crippen LogP contribution in [0.5, 0.6) is 0 Å². The van der Waals surface area contributed by atoms with Gasteiger partial charge in [0.25, 0.3) is 0 Å². The van der Waals surface area contributed by atoms with Crippen LogP contribution in [0.25, 0.3) is 0 Å². The lowest BCUT2D eigenvalue weighted by Crippen LogP contribution is -2.39. The maximum Gasteiger partial charge on any atom is 0.191 e. The minimum atomic E-state index is 0.502. The van der Waals surface area contributed by atoms with Crippen molar-refractivity contribution in [3.05, 3.63) is 23.3 Å². The van der Waals surface area contributed by atoms with Crippen LogP contribution in [0.2, 0.25) is 0 Å². The first-order valence-corrected chi connectivity index (χ1v) is 8.74. The first-order chi connectivity index (χ1) is 11.7. The average molecular weight is 334 g/mol. The van der Waals surface area contributed by atoms with E-state index in [0.717, 1.165) is 37.1 Å². The first kappa shape index (κ1) is 18.4. The van der Waals surface area contributed by atoms with E-state index < -0.39 is 0 Å². The number of nitrogens with zero attached hydrogens (tertiary/aromatic N) is 4. The predicted octanol–water partition coefficient (Wildman–Crippen LogP) is 1.70. The van der Waals surface area contributed by atoms with Gasteiger partial charge in [0.15, 0.2) is 11.8 Å². The van der Waals surface area contributed by atoms with Gasteiger partial charge in [0.2, 0.25) is 0 Å². The lowest BCUT2D eigenvalue weighted by Gasteiger charge is -2.15. The number of allylic oxidation sites excluding steroid dienone is 1. The van der Waals surface area contributed by atoms with Crippen LogP contribution in [0.1, 0.15) is 43.8 Å². The Hall–Kier alpha value is -1.89. The molecule has 7 heteroatoms. The molecule has 0 radical (unpaired) electrons. The SMILES string of the molecule is COCCNC(=NCc1nnc(C)n1C)NCCC1=CCCCC1. The molecule has 0 aromatic carbocycles. The van der Waals surface area contributed by atoms with Gasteiger partial charge in [0, 0.05) is 27.2 Å². The quantitative estimate of drug-likeness (QED) is 0.327. The van der Waals surface area contributed by atoms with Crippen LogP contribution in [0.15, 0.2) is 16.6 Å². The standard InChI is InChI=1S/C17H30N6O/c1-14-21-22-16(23(14)2)13-20-17(19-11-12-24-3)18-10-9-15-7-5-4-6-8-15/h7H,4-6,8-13H2,1-3H3,(H2,18,19,20). The number of ether oxygens (including phenoxy) is 1. The first-order valence-electron chi connectivity index (χ1n) is 8.74. The molecule has 0 saturated heterocycles. The van der Waals surface area contributed by atoms with Gasteiger partial charge < -0.3 is 19.9 Å². The number of aryl methyl sites for hydroxylation is 1. The highest BCUT2D eigenvalue weighted by molar-refractivity contribution is 5.79. The zero-order valence-electron chi connectivity index (χ0n) is 15.1. The summed E-state index contributed by atoms with van der Waals surface area (Å²) in [6, 6.07) is 0. The molecule has 2 rings (SSSR count). The Kier molecular flexibility index (Phi) is 7.74. The van der Waals surface area contributed by atoms with Crippen molar-refractivity contribution < 1.29 is 4.74 Å². The van der Waals surface area contributed by atoms with Gasteiger partial charge in [-0.05, 0) is 39.0 Å². The second kappa shape index (κ2) is 10.1. The summed E-state index contributed by atoms with van der Waals surface area (Å²) in [6.45, 7) is 4.71. The highest BCUT2D eigenvalue weighted by Crippen LogP contribution is 2.19. The monoisotopic (exact) mass is 334 g/mol. The smallest absolute Gasteiger partial charge is 0.191 e. The van der Waals surface area contributed by atoms with E-state index in [1.54, 1.807) is 12.7 Å². The van der Waals surface area contributed by atoms with E-state index in [1.165, 1.54) is 25.7 Å². The van der Waals surface area contributed by atoms with Gasteiger partial charge in [0.1, 0.15) is 12.4 Å². The molecule has 1 aliphatic carbocycles. The molecule has 0 spiro atoms. The van der Waals surface area contributed by atoms with Gasteiger partial charge in [-0.15, -0.1) is 10.2 Å². The minimum Gasteiger partial charge on any atom is -0.383 e. The average Bonchev–Trinajstić information content (AvgIpc) is 2.92. The second-order valence-electron chi connectivity index (χ2n) is 6.09. The Balaban J connectivity index is 1.86. The van der Waals surface area contributed by atoms with E-state index in [9.17, 15) is 0 Å². The van der Waals surface area contributed by atoms with Crippen LogP contribution in [-0.4, -0.2) is 47.5 Å². The third-order valence-corrected chi connectivity index (χ3v) is 4.28. The summed E-state index contributed by atoms with van der Waals surface area (Å²) in [6.07, 6.45) is 8.60. The molecule has 7 nitrogen and oxygen atoms in total. The van der Waals surface area contributed by atoms with E-state index in [1.807, 2.05) is 18.5 Å². The molecule has 2 N–H and O–H groups in total. The fourth-order valence-corrected chi connectivity index (χ4v) is 2.66. The van der Waals surface area contributed by atoms with Crippen molar-refractivity contribution in [2.24, 2.45) is 12.0 Å². The van der Waals surface area contributed by atoms with Gasteiger partial charge in [-0.2, -0.15) is 0 Å². The molecular weight excluding hydrogens is 304 g/mol. The molecule has 0 atom stereocenters. The number of aromatic nitrogens is 3. The van der Waals surface area contributed by atoms with E-state index in [0.29, 0.717) is 13.2 Å². The summed E-state index contributed by atoms with van der Waals surface area (Å²) >= 11 is 0. The Morgan fingerprint density at radius 1 is 1.29 bits per heavy atom. The maximum absolute atomic E-state index is 5.10. The normalized spacial score (nSPS) is 15.3. The molecule has 0 fully saturated rings. The fraction of sp³-hybridized carbons (Fsp3) is 0.706. The largest absolute Gasteiger partial charge is 0.383 e. The molecule has 0 saturated carbocycles. The summed E-state index contributed by atoms with van der Waals surface area (Å²) in [4.78, 5) is 4.62. The van der Waals surface area contributed by atoms with Gasteiger partial charge >= 0.3 is 0 Å². The van der Waals surface area contributed by atoms with Crippen molar-refractivity contribution >= 4 is 5.96 Å².